The van der Waals surface area contributed by atoms with E-state index in [0.29, 0.717) is 53.4 Å². The molecule has 4 rings (SSSR count). The minimum absolute atomic E-state index is 0.144. The second-order valence-electron chi connectivity index (χ2n) is 16.5. The third-order valence-electron chi connectivity index (χ3n) is 13.8. The van der Waals surface area contributed by atoms with Crippen molar-refractivity contribution in [2.75, 3.05) is 32.8 Å². The van der Waals surface area contributed by atoms with Gasteiger partial charge in [-0.05, 0) is 162 Å². The van der Waals surface area contributed by atoms with E-state index < -0.39 is 22.6 Å². The van der Waals surface area contributed by atoms with Crippen LogP contribution in [0.5, 0.6) is 0 Å². The third-order valence-corrected chi connectivity index (χ3v) is 14.4. The molecule has 0 saturated heterocycles. The second kappa shape index (κ2) is 15.5. The first-order valence-electron chi connectivity index (χ1n) is 18.3. The summed E-state index contributed by atoms with van der Waals surface area (Å²) in [6, 6.07) is 0.552. The lowest BCUT2D eigenvalue weighted by Gasteiger charge is -2.62. The minimum atomic E-state index is -4.68. The van der Waals surface area contributed by atoms with Crippen molar-refractivity contribution in [3.05, 3.63) is 0 Å². The lowest BCUT2D eigenvalue weighted by atomic mass is 9.43. The molecular formula is C35H67N3O6S. The SMILES string of the molecule is CC(C)[C@@](CO)(CC[C@@H](C)[C@H]1CCC2C3C(CC[C@@]21C)[C@@]1(C)CC[C@H](NCCCNCCCCN)CC1C[C@H]3O)OS(=O)(=O)O. The fraction of sp³-hybridized carbons (Fsp3) is 1.00. The first-order valence-corrected chi connectivity index (χ1v) is 19.7. The Morgan fingerprint density at radius 3 is 2.31 bits per heavy atom. The molecule has 7 N–H and O–H groups in total. The van der Waals surface area contributed by atoms with E-state index in [1.165, 1.54) is 32.1 Å². The van der Waals surface area contributed by atoms with Crippen molar-refractivity contribution < 1.29 is 27.4 Å². The maximum atomic E-state index is 11.8. The molecule has 0 aromatic rings. The van der Waals surface area contributed by atoms with E-state index in [9.17, 15) is 23.2 Å². The van der Waals surface area contributed by atoms with E-state index in [0.717, 1.165) is 71.1 Å². The van der Waals surface area contributed by atoms with Crippen LogP contribution in [0.3, 0.4) is 0 Å². The van der Waals surface area contributed by atoms with Gasteiger partial charge in [0, 0.05) is 6.04 Å². The molecule has 4 unspecified atom stereocenters. The Hall–Kier alpha value is -0.330. The molecule has 0 aromatic heterocycles. The summed E-state index contributed by atoms with van der Waals surface area (Å²) in [6.45, 7) is 14.4. The molecule has 0 amide bonds. The minimum Gasteiger partial charge on any atom is -0.393 e. The topological polar surface area (TPSA) is 154 Å². The van der Waals surface area contributed by atoms with E-state index in [1.54, 1.807) is 0 Å². The maximum absolute atomic E-state index is 11.8. The summed E-state index contributed by atoms with van der Waals surface area (Å²) in [4.78, 5) is 0. The van der Waals surface area contributed by atoms with Crippen molar-refractivity contribution in [2.24, 2.45) is 58.0 Å². The van der Waals surface area contributed by atoms with Gasteiger partial charge in [-0.3, -0.25) is 4.55 Å². The Labute approximate surface area is 274 Å². The molecule has 4 aliphatic carbocycles. The summed E-state index contributed by atoms with van der Waals surface area (Å²) in [5.41, 5.74) is 4.70. The van der Waals surface area contributed by atoms with Crippen molar-refractivity contribution in [1.29, 1.82) is 0 Å². The highest BCUT2D eigenvalue weighted by Crippen LogP contribution is 2.68. The molecule has 4 saturated carbocycles. The number of fused-ring (bicyclic) bond motifs is 5. The number of nitrogens with one attached hydrogen (secondary N) is 2. The van der Waals surface area contributed by atoms with Gasteiger partial charge < -0.3 is 26.6 Å². The molecule has 0 radical (unpaired) electrons. The quantitative estimate of drug-likeness (QED) is 0.0946. The van der Waals surface area contributed by atoms with Crippen LogP contribution in [0, 0.1) is 52.3 Å². The fourth-order valence-electron chi connectivity index (χ4n) is 11.0. The molecule has 0 spiro atoms. The van der Waals surface area contributed by atoms with E-state index in [2.05, 4.69) is 31.4 Å². The van der Waals surface area contributed by atoms with Gasteiger partial charge in [-0.15, -0.1) is 0 Å². The summed E-state index contributed by atoms with van der Waals surface area (Å²) in [5, 5.41) is 29.4. The molecule has 0 aliphatic heterocycles. The van der Waals surface area contributed by atoms with E-state index in [-0.39, 0.29) is 17.4 Å². The number of hydrogen-bond donors (Lipinski definition) is 6. The predicted octanol–water partition coefficient (Wildman–Crippen LogP) is 4.92. The number of hydrogen-bond acceptors (Lipinski definition) is 8. The largest absolute Gasteiger partial charge is 0.397 e. The fourth-order valence-corrected chi connectivity index (χ4v) is 11.8. The summed E-state index contributed by atoms with van der Waals surface area (Å²) in [6.07, 6.45) is 13.4. The summed E-state index contributed by atoms with van der Waals surface area (Å²) < 4.78 is 37.9. The van der Waals surface area contributed by atoms with Crippen LogP contribution >= 0.6 is 0 Å². The molecule has 9 nitrogen and oxygen atoms in total. The van der Waals surface area contributed by atoms with Crippen LogP contribution in [-0.4, -0.2) is 73.7 Å². The zero-order valence-corrected chi connectivity index (χ0v) is 29.8. The smallest absolute Gasteiger partial charge is 0.393 e. The van der Waals surface area contributed by atoms with Crippen molar-refractivity contribution in [3.63, 3.8) is 0 Å². The lowest BCUT2D eigenvalue weighted by Crippen LogP contribution is -2.59. The Morgan fingerprint density at radius 2 is 1.64 bits per heavy atom. The first-order chi connectivity index (χ1) is 21.2. The number of rotatable bonds is 17. The Bertz CT molecular complexity index is 1050. The molecule has 0 aromatic carbocycles. The lowest BCUT2D eigenvalue weighted by molar-refractivity contribution is -0.167. The molecule has 45 heavy (non-hydrogen) atoms. The van der Waals surface area contributed by atoms with Gasteiger partial charge in [-0.2, -0.15) is 8.42 Å². The molecule has 10 heteroatoms. The van der Waals surface area contributed by atoms with Gasteiger partial charge in [0.1, 0.15) is 5.60 Å². The predicted molar refractivity (Wildman–Crippen MR) is 180 cm³/mol. The van der Waals surface area contributed by atoms with E-state index in [1.807, 2.05) is 13.8 Å². The zero-order valence-electron chi connectivity index (χ0n) is 29.0. The second-order valence-corrected chi connectivity index (χ2v) is 17.5. The molecule has 4 aliphatic rings. The number of unbranched alkanes of at least 4 members (excludes halogenated alkanes) is 1. The molecule has 11 atom stereocenters. The van der Waals surface area contributed by atoms with Crippen LogP contribution in [0.25, 0.3) is 0 Å². The van der Waals surface area contributed by atoms with Crippen LogP contribution in [0.1, 0.15) is 118 Å². The van der Waals surface area contributed by atoms with Gasteiger partial charge in [0.05, 0.1) is 12.7 Å². The molecule has 0 heterocycles. The normalized spacial score (nSPS) is 38.8. The third kappa shape index (κ3) is 8.28. The van der Waals surface area contributed by atoms with Gasteiger partial charge in [-0.1, -0.05) is 34.6 Å². The number of nitrogens with two attached hydrogens (primary N) is 1. The molecular weight excluding hydrogens is 590 g/mol. The summed E-state index contributed by atoms with van der Waals surface area (Å²) >= 11 is 0. The van der Waals surface area contributed by atoms with Gasteiger partial charge in [0.25, 0.3) is 0 Å². The highest BCUT2D eigenvalue weighted by atomic mass is 32.3. The average Bonchev–Trinajstić information content (AvgIpc) is 3.33. The van der Waals surface area contributed by atoms with E-state index >= 15 is 0 Å². The van der Waals surface area contributed by atoms with E-state index in [4.69, 9.17) is 9.92 Å². The Balaban J connectivity index is 1.35. The standard InChI is InChI=1S/C35H67N3O6S/c1-24(2)35(23-39,44-45(41,42)43)16-11-25(3)28-9-10-29-32-30(13-15-34(28,29)5)33(4)14-12-27(21-26(33)22-31(32)40)38-20-8-19-37-18-7-6-17-36/h24-32,37-40H,6-23,36H2,1-5H3,(H,41,42,43)/t25-,26?,27+,28-,29?,30?,31-,32?,33+,34-,35+/m1/s1. The Morgan fingerprint density at radius 1 is 0.956 bits per heavy atom. The first kappa shape index (κ1) is 37.5. The van der Waals surface area contributed by atoms with Crippen molar-refractivity contribution in [2.45, 2.75) is 136 Å². The van der Waals surface area contributed by atoms with Gasteiger partial charge in [-0.25, -0.2) is 4.18 Å². The highest BCUT2D eigenvalue weighted by molar-refractivity contribution is 7.80. The van der Waals surface area contributed by atoms with Gasteiger partial charge >= 0.3 is 10.4 Å². The molecule has 0 bridgehead atoms. The van der Waals surface area contributed by atoms with Crippen molar-refractivity contribution in [3.8, 4) is 0 Å². The maximum Gasteiger partial charge on any atom is 0.397 e. The average molecular weight is 658 g/mol. The number of aliphatic hydroxyl groups is 2. The van der Waals surface area contributed by atoms with Crippen LogP contribution in [-0.2, 0) is 14.6 Å². The monoisotopic (exact) mass is 657 g/mol. The Kier molecular flexibility index (Phi) is 12.9. The van der Waals surface area contributed by atoms with Crippen LogP contribution < -0.4 is 16.4 Å². The van der Waals surface area contributed by atoms with Gasteiger partial charge in [0.2, 0.25) is 0 Å². The summed E-state index contributed by atoms with van der Waals surface area (Å²) in [5.74, 6) is 2.52. The zero-order chi connectivity index (χ0) is 33.0. The number of aliphatic hydroxyl groups excluding tert-OH is 2. The van der Waals surface area contributed by atoms with Crippen LogP contribution in [0.2, 0.25) is 0 Å². The van der Waals surface area contributed by atoms with Gasteiger partial charge in [0.15, 0.2) is 0 Å². The molecule has 4 fully saturated rings. The summed E-state index contributed by atoms with van der Waals surface area (Å²) in [7, 11) is -4.68. The van der Waals surface area contributed by atoms with Crippen molar-refractivity contribution in [1.82, 2.24) is 10.6 Å². The van der Waals surface area contributed by atoms with Crippen LogP contribution in [0.15, 0.2) is 0 Å². The van der Waals surface area contributed by atoms with Crippen LogP contribution in [0.4, 0.5) is 0 Å². The molecule has 264 valence electrons. The highest BCUT2D eigenvalue weighted by Gasteiger charge is 2.63. The van der Waals surface area contributed by atoms with Crippen molar-refractivity contribution >= 4 is 10.4 Å².